The zero-order chi connectivity index (χ0) is 20.5. The number of carbonyl (C=O) groups excluding carboxylic acids is 1. The molecule has 1 aliphatic rings. The number of ether oxygens (including phenoxy) is 1. The number of aliphatic hydroxyl groups is 1. The molecule has 2 heterocycles. The van der Waals surface area contributed by atoms with E-state index in [2.05, 4.69) is 44.6 Å². The van der Waals surface area contributed by atoms with Crippen LogP contribution in [0.5, 0.6) is 0 Å². The van der Waals surface area contributed by atoms with Crippen molar-refractivity contribution in [3.05, 3.63) is 72.2 Å². The predicted octanol–water partition coefficient (Wildman–Crippen LogP) is 3.18. The van der Waals surface area contributed by atoms with Gasteiger partial charge in [0.15, 0.2) is 5.65 Å². The van der Waals surface area contributed by atoms with Gasteiger partial charge in [-0.15, -0.1) is 0 Å². The lowest BCUT2D eigenvalue weighted by Gasteiger charge is -2.14. The van der Waals surface area contributed by atoms with Crippen LogP contribution in [0.2, 0.25) is 0 Å². The van der Waals surface area contributed by atoms with E-state index in [9.17, 15) is 4.79 Å². The summed E-state index contributed by atoms with van der Waals surface area (Å²) in [5.41, 5.74) is 5.20. The minimum Gasteiger partial charge on any atom is -0.448 e. The second-order valence-electron chi connectivity index (χ2n) is 7.00. The van der Waals surface area contributed by atoms with E-state index in [4.69, 9.17) is 9.84 Å². The van der Waals surface area contributed by atoms with E-state index < -0.39 is 6.09 Å². The smallest absolute Gasteiger partial charge is 0.412 e. The summed E-state index contributed by atoms with van der Waals surface area (Å²) in [5.74, 6) is 0.308. The normalized spacial score (nSPS) is 12.6. The minimum absolute atomic E-state index is 0.0131. The molecule has 2 N–H and O–H groups in total. The number of nitrogens with zero attached hydrogens (tertiary/aromatic N) is 4. The molecule has 4 aromatic rings. The van der Waals surface area contributed by atoms with Gasteiger partial charge in [0, 0.05) is 5.92 Å². The first-order chi connectivity index (χ1) is 14.8. The van der Waals surface area contributed by atoms with Crippen molar-refractivity contribution in [3.63, 3.8) is 0 Å². The number of aliphatic hydroxyl groups excluding tert-OH is 1. The summed E-state index contributed by atoms with van der Waals surface area (Å²) < 4.78 is 7.12. The van der Waals surface area contributed by atoms with Crippen molar-refractivity contribution in [1.82, 2.24) is 19.7 Å². The molecule has 0 saturated carbocycles. The largest absolute Gasteiger partial charge is 0.448 e. The van der Waals surface area contributed by atoms with Crippen molar-refractivity contribution in [2.45, 2.75) is 12.5 Å². The zero-order valence-electron chi connectivity index (χ0n) is 16.0. The summed E-state index contributed by atoms with van der Waals surface area (Å²) in [6.45, 7) is 0.471. The lowest BCUT2D eigenvalue weighted by Crippen LogP contribution is -2.18. The van der Waals surface area contributed by atoms with Gasteiger partial charge in [0.25, 0.3) is 0 Å². The third kappa shape index (κ3) is 3.07. The van der Waals surface area contributed by atoms with E-state index in [0.717, 1.165) is 11.1 Å². The average molecular weight is 401 g/mol. The number of hydrogen-bond donors (Lipinski definition) is 2. The first-order valence-electron chi connectivity index (χ1n) is 9.65. The maximum absolute atomic E-state index is 12.5. The number of rotatable bonds is 5. The van der Waals surface area contributed by atoms with E-state index in [1.54, 1.807) is 10.9 Å². The van der Waals surface area contributed by atoms with E-state index in [0.29, 0.717) is 23.4 Å². The molecule has 2 aromatic carbocycles. The Kier molecular flexibility index (Phi) is 4.61. The second kappa shape index (κ2) is 7.57. The van der Waals surface area contributed by atoms with E-state index in [1.807, 2.05) is 24.3 Å². The highest BCUT2D eigenvalue weighted by atomic mass is 16.5. The number of hydrogen-bond acceptors (Lipinski definition) is 6. The van der Waals surface area contributed by atoms with Crippen LogP contribution in [0.15, 0.2) is 61.1 Å². The van der Waals surface area contributed by atoms with Gasteiger partial charge < -0.3 is 9.84 Å². The summed E-state index contributed by atoms with van der Waals surface area (Å²) in [4.78, 5) is 20.8. The van der Waals surface area contributed by atoms with Crippen molar-refractivity contribution >= 4 is 22.9 Å². The van der Waals surface area contributed by atoms with Crippen LogP contribution in [0.25, 0.3) is 22.2 Å². The summed E-state index contributed by atoms with van der Waals surface area (Å²) in [7, 11) is 0. The summed E-state index contributed by atoms with van der Waals surface area (Å²) >= 11 is 0. The quantitative estimate of drug-likeness (QED) is 0.533. The van der Waals surface area contributed by atoms with Crippen LogP contribution in [0.4, 0.5) is 10.6 Å². The molecule has 0 saturated heterocycles. The van der Waals surface area contributed by atoms with Gasteiger partial charge in [-0.3, -0.25) is 5.32 Å². The number of nitrogens with one attached hydrogen (secondary N) is 1. The molecule has 0 bridgehead atoms. The topological polar surface area (TPSA) is 102 Å². The Morgan fingerprint density at radius 3 is 2.47 bits per heavy atom. The molecule has 0 fully saturated rings. The molecular formula is C22H19N5O3. The molecule has 1 aliphatic carbocycles. The summed E-state index contributed by atoms with van der Waals surface area (Å²) in [5, 5.41) is 16.6. The molecule has 0 atom stereocenters. The molecule has 1 amide bonds. The predicted molar refractivity (Wildman–Crippen MR) is 111 cm³/mol. The highest BCUT2D eigenvalue weighted by molar-refractivity contribution is 5.95. The van der Waals surface area contributed by atoms with Crippen molar-refractivity contribution in [1.29, 1.82) is 0 Å². The number of amides is 1. The second-order valence-corrected chi connectivity index (χ2v) is 7.00. The number of fused-ring (bicyclic) bond motifs is 4. The van der Waals surface area contributed by atoms with E-state index >= 15 is 0 Å². The number of aromatic nitrogens is 4. The summed E-state index contributed by atoms with van der Waals surface area (Å²) in [6, 6.07) is 16.4. The highest BCUT2D eigenvalue weighted by Gasteiger charge is 2.29. The van der Waals surface area contributed by atoms with Gasteiger partial charge in [-0.2, -0.15) is 5.10 Å². The van der Waals surface area contributed by atoms with Crippen LogP contribution >= 0.6 is 0 Å². The van der Waals surface area contributed by atoms with Gasteiger partial charge in [0.1, 0.15) is 18.8 Å². The molecule has 8 heteroatoms. The van der Waals surface area contributed by atoms with Crippen molar-refractivity contribution in [3.8, 4) is 11.1 Å². The van der Waals surface area contributed by atoms with Crippen molar-refractivity contribution in [2.24, 2.45) is 0 Å². The Balaban J connectivity index is 1.34. The SMILES string of the molecule is O=C(Nc1ncnc2c1cnn2CCO)OCC1c2ccccc2-c2ccccc21. The third-order valence-corrected chi connectivity index (χ3v) is 5.31. The fourth-order valence-electron chi connectivity index (χ4n) is 3.98. The number of benzene rings is 2. The Bertz CT molecular complexity index is 1190. The standard InChI is InChI=1S/C22H19N5O3/c28-10-9-27-21-18(11-25-27)20(23-13-24-21)26-22(29)30-12-19-16-7-3-1-5-14(16)15-6-2-4-8-17(15)19/h1-8,11,13,19,28H,9-10,12H2,(H,23,24,26,29). The van der Waals surface area contributed by atoms with Crippen LogP contribution in [0.3, 0.4) is 0 Å². The minimum atomic E-state index is -0.591. The lowest BCUT2D eigenvalue weighted by molar-refractivity contribution is 0.158. The van der Waals surface area contributed by atoms with Crippen LogP contribution < -0.4 is 5.32 Å². The van der Waals surface area contributed by atoms with Crippen LogP contribution in [-0.4, -0.2) is 44.2 Å². The van der Waals surface area contributed by atoms with Gasteiger partial charge in [0.2, 0.25) is 0 Å². The van der Waals surface area contributed by atoms with Crippen LogP contribution in [0.1, 0.15) is 17.0 Å². The van der Waals surface area contributed by atoms with Crippen molar-refractivity contribution in [2.75, 3.05) is 18.5 Å². The molecule has 2 aromatic heterocycles. The third-order valence-electron chi connectivity index (χ3n) is 5.31. The summed E-state index contributed by atoms with van der Waals surface area (Å²) in [6.07, 6.45) is 2.31. The van der Waals surface area contributed by atoms with Crippen LogP contribution in [-0.2, 0) is 11.3 Å². The monoisotopic (exact) mass is 401 g/mol. The van der Waals surface area contributed by atoms with Gasteiger partial charge >= 0.3 is 6.09 Å². The maximum Gasteiger partial charge on any atom is 0.412 e. The first kappa shape index (κ1) is 18.3. The van der Waals surface area contributed by atoms with Gasteiger partial charge in [-0.05, 0) is 22.3 Å². The first-order valence-corrected chi connectivity index (χ1v) is 9.65. The maximum atomic E-state index is 12.5. The van der Waals surface area contributed by atoms with E-state index in [1.165, 1.54) is 17.5 Å². The van der Waals surface area contributed by atoms with Gasteiger partial charge in [-0.25, -0.2) is 19.4 Å². The molecule has 5 rings (SSSR count). The molecule has 30 heavy (non-hydrogen) atoms. The average Bonchev–Trinajstić information content (AvgIpc) is 3.33. The fourth-order valence-corrected chi connectivity index (χ4v) is 3.98. The van der Waals surface area contributed by atoms with Crippen molar-refractivity contribution < 1.29 is 14.6 Å². The Hall–Kier alpha value is -3.78. The lowest BCUT2D eigenvalue weighted by atomic mass is 9.98. The molecule has 150 valence electrons. The molecule has 0 aliphatic heterocycles. The Morgan fingerprint density at radius 1 is 1.07 bits per heavy atom. The molecule has 0 unspecified atom stereocenters. The highest BCUT2D eigenvalue weighted by Crippen LogP contribution is 2.44. The fraction of sp³-hybridized carbons (Fsp3) is 0.182. The number of anilines is 1. The molecule has 0 spiro atoms. The van der Waals surface area contributed by atoms with Gasteiger partial charge in [-0.1, -0.05) is 48.5 Å². The Labute approximate surface area is 172 Å². The van der Waals surface area contributed by atoms with Gasteiger partial charge in [0.05, 0.1) is 24.7 Å². The molecule has 0 radical (unpaired) electrons. The molecular weight excluding hydrogens is 382 g/mol. The zero-order valence-corrected chi connectivity index (χ0v) is 16.0. The molecule has 8 nitrogen and oxygen atoms in total. The number of carbonyl (C=O) groups is 1. The van der Waals surface area contributed by atoms with Crippen LogP contribution in [0, 0.1) is 0 Å². The Morgan fingerprint density at radius 2 is 1.77 bits per heavy atom. The van der Waals surface area contributed by atoms with E-state index in [-0.39, 0.29) is 19.1 Å².